The summed E-state index contributed by atoms with van der Waals surface area (Å²) in [5.74, 6) is 50.2. The van der Waals surface area contributed by atoms with Crippen molar-refractivity contribution in [2.45, 2.75) is 362 Å². The highest BCUT2D eigenvalue weighted by Crippen LogP contribution is 2.77. The first-order chi connectivity index (χ1) is 66.4. The van der Waals surface area contributed by atoms with Crippen molar-refractivity contribution < 1.29 is 0 Å². The largest absolute Gasteiger partial charge is 0.0846 e. The van der Waals surface area contributed by atoms with Crippen LogP contribution in [0.15, 0.2) is 109 Å². The Morgan fingerprint density at radius 1 is 0.191 bits per heavy atom. The van der Waals surface area contributed by atoms with Crippen molar-refractivity contribution >= 4 is 21.5 Å². The molecule has 0 aliphatic heterocycles. The molecule has 40 unspecified atom stereocenters. The van der Waals surface area contributed by atoms with Gasteiger partial charge in [-0.25, -0.2) is 0 Å². The minimum Gasteiger partial charge on any atom is -0.0846 e. The summed E-state index contributed by atoms with van der Waals surface area (Å²) in [5, 5.41) is 5.59. The molecule has 18 aliphatic rings. The van der Waals surface area contributed by atoms with Gasteiger partial charge in [-0.3, -0.25) is 0 Å². The highest BCUT2D eigenvalue weighted by Gasteiger charge is 2.72. The number of rotatable bonds is 5. The van der Waals surface area contributed by atoms with E-state index >= 15 is 0 Å². The Balaban J connectivity index is 0.000000124. The monoisotopic (exact) mass is 1910 g/mol. The van der Waals surface area contributed by atoms with Crippen LogP contribution in [-0.2, 0) is 0 Å². The zero-order valence-electron chi connectivity index (χ0n) is 99.5. The average Bonchev–Trinajstić information content (AvgIpc) is 1.51. The van der Waals surface area contributed by atoms with Crippen LogP contribution < -0.4 is 0 Å². The van der Waals surface area contributed by atoms with E-state index < -0.39 is 0 Å². The summed E-state index contributed by atoms with van der Waals surface area (Å²) in [4.78, 5) is 0. The van der Waals surface area contributed by atoms with E-state index in [0.29, 0.717) is 0 Å². The third-order valence-electron chi connectivity index (χ3n) is 50.0. The molecule has 0 heterocycles. The molecule has 7 aromatic rings. The normalized spacial score (nSPS) is 42.2. The molecule has 0 spiro atoms. The van der Waals surface area contributed by atoms with Crippen LogP contribution >= 0.6 is 0 Å². The predicted molar refractivity (Wildman–Crippen MR) is 619 cm³/mol. The number of benzene rings is 7. The highest BCUT2D eigenvalue weighted by atomic mass is 14.8. The highest BCUT2D eigenvalue weighted by molar-refractivity contribution is 5.93. The zero-order chi connectivity index (χ0) is 104. The lowest BCUT2D eigenvalue weighted by molar-refractivity contribution is -0.158. The SMILES string of the molecule is CC1C(C)C2C3CC(C12)C1C(C)C(C)C31.CC1C(C)C2C=CC1C(C)C2C.CC1C(C)C2CC1C(C)C2C.CC1C(C)C2CC1C1C(C)C(C)C21.CC1C(C)C2CC1C1C3CC(C(C)C3C)C21.CCC(C)C(C)CC.CCC1C(C)C2CC1C(C)C2C.Cc1cc(C)c(C)cc1C.Cc1cc2cc(C)c(C)cc2cc1C.Cc1ccc(-c2ccc(C)c(C)c2)cc1C.Cc1ccc(C)c2c(C)ccc(C)c12. The van der Waals surface area contributed by atoms with Crippen molar-refractivity contribution in [3.63, 3.8) is 0 Å². The summed E-state index contributed by atoms with van der Waals surface area (Å²) >= 11 is 0. The van der Waals surface area contributed by atoms with Gasteiger partial charge in [-0.1, -0.05) is 322 Å². The Hall–Kier alpha value is -5.20. The second-order valence-electron chi connectivity index (χ2n) is 55.1. The Bertz CT molecular complexity index is 4890. The third-order valence-corrected chi connectivity index (χ3v) is 50.0. The quantitative estimate of drug-likeness (QED) is 0.119. The van der Waals surface area contributed by atoms with Crippen molar-refractivity contribution in [2.24, 2.45) is 284 Å². The van der Waals surface area contributed by atoms with Gasteiger partial charge in [-0.15, -0.1) is 0 Å². The lowest BCUT2D eigenvalue weighted by Gasteiger charge is -2.63. The summed E-state index contributed by atoms with van der Waals surface area (Å²) in [7, 11) is 0. The number of hydrogen-bond acceptors (Lipinski definition) is 0. The molecule has 16 fully saturated rings. The fraction of sp³-hybridized carbons (Fsp3) is 0.716. The van der Waals surface area contributed by atoms with Gasteiger partial charge < -0.3 is 0 Å². The molecule has 0 radical (unpaired) electrons. The fourth-order valence-electron chi connectivity index (χ4n) is 37.6. The summed E-state index contributed by atoms with van der Waals surface area (Å²) in [6.07, 6.45) is 18.5. The predicted octanol–water partition coefficient (Wildman–Crippen LogP) is 40.0. The molecule has 0 aromatic heterocycles. The van der Waals surface area contributed by atoms with Crippen LogP contribution in [0.1, 0.15) is 341 Å². The molecule has 0 saturated heterocycles. The van der Waals surface area contributed by atoms with Crippen molar-refractivity contribution in [3.05, 3.63) is 198 Å². The van der Waals surface area contributed by atoms with Gasteiger partial charge in [-0.2, -0.15) is 0 Å². The number of aryl methyl sites for hydroxylation is 16. The van der Waals surface area contributed by atoms with Crippen LogP contribution in [0.2, 0.25) is 0 Å². The summed E-state index contributed by atoms with van der Waals surface area (Å²) in [6.45, 7) is 103. The topological polar surface area (TPSA) is 0 Å². The molecule has 0 amide bonds. The van der Waals surface area contributed by atoms with Gasteiger partial charge in [0.2, 0.25) is 0 Å². The molecule has 0 N–H and O–H groups in total. The van der Waals surface area contributed by atoms with Crippen LogP contribution in [0.4, 0.5) is 0 Å². The number of allylic oxidation sites excluding steroid dienone is 2. The van der Waals surface area contributed by atoms with Gasteiger partial charge in [0.05, 0.1) is 0 Å². The van der Waals surface area contributed by atoms with Crippen molar-refractivity contribution in [1.82, 2.24) is 0 Å². The Morgan fingerprint density at radius 3 is 0.631 bits per heavy atom. The van der Waals surface area contributed by atoms with Crippen molar-refractivity contribution in [2.75, 3.05) is 0 Å². The maximum Gasteiger partial charge on any atom is -0.0120 e. The third kappa shape index (κ3) is 20.8. The van der Waals surface area contributed by atoms with Gasteiger partial charge in [0, 0.05) is 0 Å². The molecular weight excluding hydrogens is 1690 g/mol. The average molecular weight is 1910 g/mol. The molecule has 141 heavy (non-hydrogen) atoms. The number of hydrogen-bond donors (Lipinski definition) is 0. The maximum absolute atomic E-state index is 2.55. The minimum atomic E-state index is 0.861. The second-order valence-corrected chi connectivity index (χ2v) is 55.1. The lowest BCUT2D eigenvalue weighted by atomic mass is 9.42. The molecule has 40 atom stereocenters. The molecular formula is C141H216. The molecule has 780 valence electrons. The van der Waals surface area contributed by atoms with E-state index in [4.69, 9.17) is 0 Å². The minimum absolute atomic E-state index is 0.861. The first kappa shape index (κ1) is 111. The lowest BCUT2D eigenvalue weighted by Crippen LogP contribution is -2.59. The van der Waals surface area contributed by atoms with Gasteiger partial charge in [-0.05, 0) is 555 Å². The fourth-order valence-corrected chi connectivity index (χ4v) is 37.6. The Morgan fingerprint density at radius 2 is 0.390 bits per heavy atom. The maximum atomic E-state index is 2.55. The summed E-state index contributed by atoms with van der Waals surface area (Å²) < 4.78 is 0. The van der Waals surface area contributed by atoms with Crippen LogP contribution in [0.5, 0.6) is 0 Å². The summed E-state index contributed by atoms with van der Waals surface area (Å²) in [5.41, 5.74) is 24.6. The molecule has 0 heteroatoms. The van der Waals surface area contributed by atoms with E-state index in [9.17, 15) is 0 Å². The number of fused-ring (bicyclic) bond motifs is 30. The second kappa shape index (κ2) is 44.9. The van der Waals surface area contributed by atoms with Gasteiger partial charge in [0.15, 0.2) is 0 Å². The van der Waals surface area contributed by atoms with E-state index in [1.807, 2.05) is 0 Å². The van der Waals surface area contributed by atoms with Gasteiger partial charge in [0.1, 0.15) is 0 Å². The standard InChI is InChI=1S/C16H26.C16H18.C15H24.2C14H16.C13H22.C12H20.C12H22.C11H20.C10H14.C8H18/c1-7-8(2)12-5-11(7)15-13-6-14(16(12)15)10(4)9(13)3;1-11-5-7-15(9-13(11)3)16-8-6-12(2)14(4)10-16;1-6-7(2)13-11-5-10(12(6)13)14-8(3)9(4)15(11)14;1-9-5-13-7-11(3)12(4)8-14(13)6-10(9)2;1-9-5-6-11(3)14-12(4)8-7-10(2)13(9)14;1-6-7(2)11-5-10(6)12-8(3)9(4)13(11)12;1-7-8(2)12-6-5-11(7)9(3)10(12)4;1-5-10-9(4)11-6-12(10)8(3)7(11)2;1-6-7(2)11-5-10(6)8(3)9(11)4;1-7-5-9(3)10(4)6-8(7)2;1-5-7(3)8(4)6-2/h7-16H,5-6H2,1-4H3;5-10H,1-4H3;6-15H,5H2,1-4H3;2*5-8H,1-4H3;6-13H,5H2,1-4H3;5-12H,1-4H3;7-12H,5-6H2,1-4H3;6-11H,5H2,1-4H3;5-6H,1-4H3;7-8H,5-6H2,1-4H3. The van der Waals surface area contributed by atoms with Crippen molar-refractivity contribution in [3.8, 4) is 11.1 Å². The first-order valence-corrected chi connectivity index (χ1v) is 60.2. The molecule has 0 nitrogen and oxygen atoms in total. The molecule has 18 aliphatic carbocycles. The van der Waals surface area contributed by atoms with Gasteiger partial charge >= 0.3 is 0 Å². The molecule has 16 saturated carbocycles. The molecule has 14 bridgehead atoms. The smallest absolute Gasteiger partial charge is 0.0120 e. The zero-order valence-corrected chi connectivity index (χ0v) is 99.5. The molecule has 25 rings (SSSR count). The summed E-state index contributed by atoms with van der Waals surface area (Å²) in [6, 6.07) is 35.7. The van der Waals surface area contributed by atoms with Crippen LogP contribution in [0, 0.1) is 395 Å². The van der Waals surface area contributed by atoms with E-state index in [1.165, 1.54) is 147 Å². The van der Waals surface area contributed by atoms with Crippen LogP contribution in [-0.4, -0.2) is 0 Å². The Kier molecular flexibility index (Phi) is 35.5. The van der Waals surface area contributed by atoms with E-state index in [1.54, 1.807) is 32.1 Å². The van der Waals surface area contributed by atoms with E-state index in [0.717, 1.165) is 284 Å². The first-order valence-electron chi connectivity index (χ1n) is 60.2. The van der Waals surface area contributed by atoms with Crippen LogP contribution in [0.3, 0.4) is 0 Å². The van der Waals surface area contributed by atoms with E-state index in [2.05, 4.69) is 414 Å². The Labute approximate surface area is 871 Å². The van der Waals surface area contributed by atoms with Crippen molar-refractivity contribution in [1.29, 1.82) is 0 Å². The van der Waals surface area contributed by atoms with E-state index in [-0.39, 0.29) is 0 Å². The van der Waals surface area contributed by atoms with Gasteiger partial charge in [0.25, 0.3) is 0 Å². The molecule has 7 aromatic carbocycles. The van der Waals surface area contributed by atoms with Crippen LogP contribution in [0.25, 0.3) is 32.7 Å².